The molecule has 0 unspecified atom stereocenters. The monoisotopic (exact) mass is 465 g/mol. The number of carbonyl (C=O) groups is 1. The van der Waals surface area contributed by atoms with Crippen molar-refractivity contribution in [1.29, 1.82) is 0 Å². The van der Waals surface area contributed by atoms with Gasteiger partial charge >= 0.3 is 0 Å². The Bertz CT molecular complexity index is 1110. The van der Waals surface area contributed by atoms with E-state index >= 15 is 0 Å². The van der Waals surface area contributed by atoms with Crippen LogP contribution in [-0.2, 0) is 16.6 Å². The number of carbonyl (C=O) groups excluding carboxylic acids is 1. The third-order valence-corrected chi connectivity index (χ3v) is 12.0. The van der Waals surface area contributed by atoms with Crippen molar-refractivity contribution in [3.63, 3.8) is 0 Å². The van der Waals surface area contributed by atoms with Crippen molar-refractivity contribution >= 4 is 5.91 Å². The maximum atomic E-state index is 12.6. The molecule has 0 aliphatic heterocycles. The van der Waals surface area contributed by atoms with Crippen LogP contribution in [0.25, 0.3) is 0 Å². The molecular weight excluding hydrogens is 422 g/mol. The Hall–Kier alpha value is -1.97. The summed E-state index contributed by atoms with van der Waals surface area (Å²) in [6.45, 7) is 13.8. The smallest absolute Gasteiger partial charge is 0.223 e. The Morgan fingerprint density at radius 2 is 1.74 bits per heavy atom. The zero-order valence-electron chi connectivity index (χ0n) is 22.0. The fourth-order valence-corrected chi connectivity index (χ4v) is 9.49. The fraction of sp³-hybridized carbons (Fsp3) is 0.700. The summed E-state index contributed by atoms with van der Waals surface area (Å²) in [6, 6.07) is 1.84. The molecule has 0 saturated heterocycles. The summed E-state index contributed by atoms with van der Waals surface area (Å²) in [5.74, 6) is 0.351. The molecule has 6 atom stereocenters. The molecule has 4 nitrogen and oxygen atoms in total. The minimum atomic E-state index is -0.417. The lowest BCUT2D eigenvalue weighted by molar-refractivity contribution is -0.174. The van der Waals surface area contributed by atoms with Crippen LogP contribution in [0.3, 0.4) is 0 Å². The number of allylic oxidation sites excluding steroid dienone is 2. The molecule has 1 aromatic carbocycles. The van der Waals surface area contributed by atoms with Gasteiger partial charge in [-0.25, -0.2) is 0 Å². The number of phenols is 2. The average Bonchev–Trinajstić information content (AvgIpc) is 2.79. The zero-order valence-corrected chi connectivity index (χ0v) is 22.0. The van der Waals surface area contributed by atoms with Gasteiger partial charge in [0, 0.05) is 10.8 Å². The summed E-state index contributed by atoms with van der Waals surface area (Å²) >= 11 is 0. The van der Waals surface area contributed by atoms with Crippen LogP contribution in [-0.4, -0.2) is 16.1 Å². The number of fused-ring (bicyclic) bond motifs is 7. The first-order valence-corrected chi connectivity index (χ1v) is 13.3. The summed E-state index contributed by atoms with van der Waals surface area (Å²) in [7, 11) is 0. The number of amides is 1. The molecule has 0 heterocycles. The van der Waals surface area contributed by atoms with Crippen LogP contribution in [0.5, 0.6) is 11.5 Å². The molecule has 34 heavy (non-hydrogen) atoms. The number of nitrogens with two attached hydrogens (primary N) is 1. The number of rotatable bonds is 2. The molecule has 1 amide bonds. The van der Waals surface area contributed by atoms with E-state index < -0.39 is 5.41 Å². The van der Waals surface area contributed by atoms with Crippen molar-refractivity contribution in [3.05, 3.63) is 34.4 Å². The summed E-state index contributed by atoms with van der Waals surface area (Å²) in [5.41, 5.74) is 10.5. The van der Waals surface area contributed by atoms with Crippen LogP contribution in [0.15, 0.2) is 17.7 Å². The largest absolute Gasteiger partial charge is 0.504 e. The first-order valence-electron chi connectivity index (χ1n) is 13.3. The Balaban J connectivity index is 1.66. The molecule has 3 saturated carbocycles. The highest BCUT2D eigenvalue weighted by atomic mass is 16.3. The van der Waals surface area contributed by atoms with E-state index in [9.17, 15) is 15.0 Å². The second-order valence-corrected chi connectivity index (χ2v) is 13.2. The lowest BCUT2D eigenvalue weighted by Crippen LogP contribution is -2.63. The number of primary amides is 1. The van der Waals surface area contributed by atoms with Gasteiger partial charge in [0.2, 0.25) is 5.91 Å². The molecule has 4 aliphatic carbocycles. The minimum absolute atomic E-state index is 0.00284. The van der Waals surface area contributed by atoms with Crippen molar-refractivity contribution < 1.29 is 15.0 Å². The van der Waals surface area contributed by atoms with Gasteiger partial charge in [-0.15, -0.1) is 0 Å². The molecule has 4 N–H and O–H groups in total. The number of phenolic OH excluding ortho intramolecular Hbond substituents is 2. The molecule has 0 radical (unpaired) electrons. The highest BCUT2D eigenvalue weighted by Gasteiger charge is 2.67. The maximum Gasteiger partial charge on any atom is 0.223 e. The number of hydrogen-bond donors (Lipinski definition) is 3. The Morgan fingerprint density at radius 1 is 1.06 bits per heavy atom. The Morgan fingerprint density at radius 3 is 2.38 bits per heavy atom. The van der Waals surface area contributed by atoms with E-state index in [0.29, 0.717) is 5.92 Å². The molecule has 3 fully saturated rings. The second-order valence-electron chi connectivity index (χ2n) is 13.2. The fourth-order valence-electron chi connectivity index (χ4n) is 9.49. The highest BCUT2D eigenvalue weighted by Crippen LogP contribution is 2.75. The molecule has 1 aromatic rings. The van der Waals surface area contributed by atoms with E-state index in [1.165, 1.54) is 29.5 Å². The molecular formula is C30H43NO3. The Kier molecular flexibility index (Phi) is 4.92. The normalized spacial score (nSPS) is 43.1. The molecule has 0 spiro atoms. The van der Waals surface area contributed by atoms with Gasteiger partial charge in [0.15, 0.2) is 11.5 Å². The van der Waals surface area contributed by atoms with Crippen molar-refractivity contribution in [2.45, 2.75) is 105 Å². The van der Waals surface area contributed by atoms with Gasteiger partial charge in [0.1, 0.15) is 0 Å². The average molecular weight is 466 g/mol. The topological polar surface area (TPSA) is 83.6 Å². The summed E-state index contributed by atoms with van der Waals surface area (Å²) in [6.07, 6.45) is 11.8. The van der Waals surface area contributed by atoms with Gasteiger partial charge in [0.05, 0.1) is 0 Å². The van der Waals surface area contributed by atoms with E-state index in [-0.39, 0.29) is 39.1 Å². The van der Waals surface area contributed by atoms with Gasteiger partial charge in [-0.1, -0.05) is 46.3 Å². The SMILES string of the molecule is CC[C@@]12CC[C@]3(C)C(=CCc4c3cc(O)c(O)c4C)[C@@]1(C)CC[C@@]1(C)CC[C@@](C)(C(N)=O)C[C@H]12. The van der Waals surface area contributed by atoms with Gasteiger partial charge in [-0.3, -0.25) is 4.79 Å². The predicted molar refractivity (Wildman–Crippen MR) is 136 cm³/mol. The van der Waals surface area contributed by atoms with Gasteiger partial charge in [0.25, 0.3) is 0 Å². The van der Waals surface area contributed by atoms with Gasteiger partial charge < -0.3 is 15.9 Å². The third-order valence-electron chi connectivity index (χ3n) is 12.0. The van der Waals surface area contributed by atoms with Crippen LogP contribution in [0.2, 0.25) is 0 Å². The highest BCUT2D eigenvalue weighted by molar-refractivity contribution is 5.80. The van der Waals surface area contributed by atoms with Crippen LogP contribution in [0.1, 0.15) is 103 Å². The van der Waals surface area contributed by atoms with E-state index in [0.717, 1.165) is 50.5 Å². The standard InChI is InChI=1S/C30H43NO3/c1-7-30-15-13-28(5)20-16-21(32)24(33)18(2)19(20)8-9-22(28)29(30,6)14-12-26(3)10-11-27(4,25(31)34)17-23(26)30/h9,16,23,32-33H,7-8,10-15,17H2,1-6H3,(H2,31,34)/t23-,26-,27-,28+,29-,30+/m1/s1. The maximum absolute atomic E-state index is 12.6. The molecule has 0 bridgehead atoms. The van der Waals surface area contributed by atoms with E-state index in [2.05, 4.69) is 40.7 Å². The lowest BCUT2D eigenvalue weighted by Gasteiger charge is -2.71. The molecule has 4 heteroatoms. The van der Waals surface area contributed by atoms with Crippen molar-refractivity contribution in [3.8, 4) is 11.5 Å². The number of hydrogen-bond acceptors (Lipinski definition) is 3. The van der Waals surface area contributed by atoms with Gasteiger partial charge in [-0.2, -0.15) is 0 Å². The zero-order chi connectivity index (χ0) is 24.9. The molecule has 5 rings (SSSR count). The summed E-state index contributed by atoms with van der Waals surface area (Å²) < 4.78 is 0. The van der Waals surface area contributed by atoms with Crippen LogP contribution in [0, 0.1) is 34.5 Å². The van der Waals surface area contributed by atoms with E-state index in [1.807, 2.05) is 13.0 Å². The number of benzene rings is 1. The first kappa shape index (κ1) is 23.8. The third kappa shape index (κ3) is 2.69. The quantitative estimate of drug-likeness (QED) is 0.347. The summed E-state index contributed by atoms with van der Waals surface area (Å²) in [5, 5.41) is 20.9. The predicted octanol–water partition coefficient (Wildman–Crippen LogP) is 6.43. The molecule has 0 aromatic heterocycles. The first-order chi connectivity index (χ1) is 15.8. The summed E-state index contributed by atoms with van der Waals surface area (Å²) in [4.78, 5) is 12.6. The molecule has 186 valence electrons. The van der Waals surface area contributed by atoms with Crippen molar-refractivity contribution in [2.24, 2.45) is 33.3 Å². The molecule has 4 aliphatic rings. The van der Waals surface area contributed by atoms with Crippen molar-refractivity contribution in [2.75, 3.05) is 0 Å². The van der Waals surface area contributed by atoms with E-state index in [1.54, 1.807) is 0 Å². The van der Waals surface area contributed by atoms with Crippen LogP contribution >= 0.6 is 0 Å². The van der Waals surface area contributed by atoms with Crippen LogP contribution in [0.4, 0.5) is 0 Å². The Labute approximate surface area is 205 Å². The van der Waals surface area contributed by atoms with Gasteiger partial charge in [-0.05, 0) is 110 Å². The van der Waals surface area contributed by atoms with Crippen LogP contribution < -0.4 is 5.73 Å². The van der Waals surface area contributed by atoms with E-state index in [4.69, 9.17) is 5.73 Å². The van der Waals surface area contributed by atoms with Crippen molar-refractivity contribution in [1.82, 2.24) is 0 Å². The minimum Gasteiger partial charge on any atom is -0.504 e. The number of aromatic hydroxyl groups is 2. The lowest BCUT2D eigenvalue weighted by atomic mass is 9.33. The second kappa shape index (κ2) is 7.04.